The van der Waals surface area contributed by atoms with Crippen LogP contribution in [0.25, 0.3) is 44.2 Å². The number of hydrogen-bond donors (Lipinski definition) is 0. The van der Waals surface area contributed by atoms with Gasteiger partial charge in [0.2, 0.25) is 0 Å². The van der Waals surface area contributed by atoms with Gasteiger partial charge in [-0.3, -0.25) is 0 Å². The van der Waals surface area contributed by atoms with Crippen molar-refractivity contribution in [2.45, 2.75) is 19.3 Å². The second-order valence-electron chi connectivity index (χ2n) is 11.0. The van der Waals surface area contributed by atoms with Gasteiger partial charge in [-0.05, 0) is 57.0 Å². The number of hydrogen-bond acceptors (Lipinski definition) is 1. The second-order valence-corrected chi connectivity index (χ2v) is 11.0. The Hall–Kier alpha value is -4.62. The van der Waals surface area contributed by atoms with E-state index in [0.29, 0.717) is 0 Å². The molecule has 2 aliphatic rings. The summed E-state index contributed by atoms with van der Waals surface area (Å²) in [6.45, 7) is 4.72. The summed E-state index contributed by atoms with van der Waals surface area (Å²) >= 11 is 0. The summed E-state index contributed by atoms with van der Waals surface area (Å²) < 4.78 is 0. The quantitative estimate of drug-likeness (QED) is 0.235. The first-order chi connectivity index (χ1) is 18.6. The van der Waals surface area contributed by atoms with Crippen LogP contribution < -0.4 is 4.90 Å². The zero-order valence-electron chi connectivity index (χ0n) is 21.6. The highest BCUT2D eigenvalue weighted by molar-refractivity contribution is 6.19. The van der Waals surface area contributed by atoms with Gasteiger partial charge in [-0.2, -0.15) is 0 Å². The predicted octanol–water partition coefficient (Wildman–Crippen LogP) is 10.3. The fourth-order valence-electron chi connectivity index (χ4n) is 6.86. The molecule has 0 aromatic heterocycles. The SMILES string of the molecule is CC1(C)c2ccccc2-c2c1ccc1c2N(c2ccccc2)c2cccc3c(-c4ccccc4)ccc-1c23. The number of fused-ring (bicyclic) bond motifs is 6. The summed E-state index contributed by atoms with van der Waals surface area (Å²) in [5.41, 5.74) is 14.3. The van der Waals surface area contributed by atoms with Crippen molar-refractivity contribution in [3.63, 3.8) is 0 Å². The lowest BCUT2D eigenvalue weighted by atomic mass is 9.80. The lowest BCUT2D eigenvalue weighted by molar-refractivity contribution is 0.660. The maximum absolute atomic E-state index is 2.51. The Kier molecular flexibility index (Phi) is 4.35. The third kappa shape index (κ3) is 2.76. The molecule has 6 aromatic carbocycles. The van der Waals surface area contributed by atoms with Crippen LogP contribution in [0.15, 0.2) is 127 Å². The normalized spacial score (nSPS) is 14.2. The predicted molar refractivity (Wildman–Crippen MR) is 161 cm³/mol. The van der Waals surface area contributed by atoms with Gasteiger partial charge in [0.05, 0.1) is 11.4 Å². The molecule has 0 radical (unpaired) electrons. The first-order valence-corrected chi connectivity index (χ1v) is 13.4. The molecular formula is C37H27N. The van der Waals surface area contributed by atoms with Gasteiger partial charge >= 0.3 is 0 Å². The zero-order chi connectivity index (χ0) is 25.4. The van der Waals surface area contributed by atoms with Crippen LogP contribution in [-0.4, -0.2) is 0 Å². The summed E-state index contributed by atoms with van der Waals surface area (Å²) in [6, 6.07) is 46.8. The number of para-hydroxylation sites is 1. The van der Waals surface area contributed by atoms with Gasteiger partial charge in [0.25, 0.3) is 0 Å². The molecule has 0 fully saturated rings. The van der Waals surface area contributed by atoms with Crippen molar-refractivity contribution < 1.29 is 0 Å². The summed E-state index contributed by atoms with van der Waals surface area (Å²) in [7, 11) is 0. The van der Waals surface area contributed by atoms with E-state index in [1.54, 1.807) is 0 Å². The van der Waals surface area contributed by atoms with Gasteiger partial charge in [0.1, 0.15) is 0 Å². The number of anilines is 3. The topological polar surface area (TPSA) is 3.24 Å². The molecule has 1 heteroatoms. The van der Waals surface area contributed by atoms with Crippen molar-refractivity contribution in [1.29, 1.82) is 0 Å². The molecule has 0 saturated carbocycles. The summed E-state index contributed by atoms with van der Waals surface area (Å²) in [5, 5.41) is 2.61. The van der Waals surface area contributed by atoms with Crippen LogP contribution in [0, 0.1) is 0 Å². The molecule has 180 valence electrons. The lowest BCUT2D eigenvalue weighted by Crippen LogP contribution is -2.18. The third-order valence-corrected chi connectivity index (χ3v) is 8.59. The summed E-state index contributed by atoms with van der Waals surface area (Å²) in [4.78, 5) is 2.51. The fraction of sp³-hybridized carbons (Fsp3) is 0.0811. The average Bonchev–Trinajstić information content (AvgIpc) is 3.21. The van der Waals surface area contributed by atoms with E-state index in [1.165, 1.54) is 72.3 Å². The standard InChI is InChI=1S/C37H27N/c1-37(2)31-18-10-9-16-30(31)35-32(37)23-22-29-28-21-20-26(24-12-5-3-6-13-24)27-17-11-19-33(34(27)28)38(36(29)35)25-14-7-4-8-15-25/h3-23H,1-2H3. The summed E-state index contributed by atoms with van der Waals surface area (Å²) in [6.07, 6.45) is 0. The molecule has 1 heterocycles. The second kappa shape index (κ2) is 7.69. The Bertz CT molecular complexity index is 1880. The zero-order valence-corrected chi connectivity index (χ0v) is 21.6. The molecule has 1 aliphatic heterocycles. The minimum atomic E-state index is -0.0488. The maximum atomic E-state index is 2.51. The molecule has 8 rings (SSSR count). The maximum Gasteiger partial charge on any atom is 0.0622 e. The van der Waals surface area contributed by atoms with Crippen molar-refractivity contribution in [2.24, 2.45) is 0 Å². The van der Waals surface area contributed by atoms with Crippen molar-refractivity contribution in [3.8, 4) is 33.4 Å². The fourth-order valence-corrected chi connectivity index (χ4v) is 6.86. The van der Waals surface area contributed by atoms with Crippen molar-refractivity contribution in [2.75, 3.05) is 4.90 Å². The molecule has 1 aliphatic carbocycles. The van der Waals surface area contributed by atoms with Crippen LogP contribution in [0.2, 0.25) is 0 Å². The highest BCUT2D eigenvalue weighted by Gasteiger charge is 2.40. The minimum absolute atomic E-state index is 0.0488. The Labute approximate surface area is 223 Å². The summed E-state index contributed by atoms with van der Waals surface area (Å²) in [5.74, 6) is 0. The van der Waals surface area contributed by atoms with Crippen LogP contribution >= 0.6 is 0 Å². The van der Waals surface area contributed by atoms with Gasteiger partial charge < -0.3 is 4.90 Å². The van der Waals surface area contributed by atoms with E-state index in [1.807, 2.05) is 0 Å². The molecule has 0 unspecified atom stereocenters. The molecule has 1 nitrogen and oxygen atoms in total. The molecular weight excluding hydrogens is 458 g/mol. The molecule has 0 saturated heterocycles. The monoisotopic (exact) mass is 485 g/mol. The van der Waals surface area contributed by atoms with Gasteiger partial charge in [-0.1, -0.05) is 123 Å². The van der Waals surface area contributed by atoms with Crippen LogP contribution in [0.4, 0.5) is 17.1 Å². The Morgan fingerprint density at radius 3 is 2.00 bits per heavy atom. The van der Waals surface area contributed by atoms with Crippen LogP contribution in [0.5, 0.6) is 0 Å². The van der Waals surface area contributed by atoms with Crippen molar-refractivity contribution in [1.82, 2.24) is 0 Å². The highest BCUT2D eigenvalue weighted by atomic mass is 15.2. The first kappa shape index (κ1) is 21.5. The molecule has 38 heavy (non-hydrogen) atoms. The Morgan fingerprint density at radius 2 is 1.18 bits per heavy atom. The molecule has 0 spiro atoms. The molecule has 0 amide bonds. The molecule has 0 N–H and O–H groups in total. The molecule has 0 bridgehead atoms. The average molecular weight is 486 g/mol. The number of rotatable bonds is 2. The van der Waals surface area contributed by atoms with Gasteiger partial charge in [0, 0.05) is 27.6 Å². The van der Waals surface area contributed by atoms with Gasteiger partial charge in [-0.15, -0.1) is 0 Å². The van der Waals surface area contributed by atoms with E-state index >= 15 is 0 Å². The molecule has 0 atom stereocenters. The largest absolute Gasteiger partial charge is 0.309 e. The van der Waals surface area contributed by atoms with Gasteiger partial charge in [-0.25, -0.2) is 0 Å². The Morgan fingerprint density at radius 1 is 0.500 bits per heavy atom. The van der Waals surface area contributed by atoms with E-state index in [4.69, 9.17) is 0 Å². The van der Waals surface area contributed by atoms with Crippen LogP contribution in [0.3, 0.4) is 0 Å². The van der Waals surface area contributed by atoms with Crippen LogP contribution in [0.1, 0.15) is 25.0 Å². The molecule has 6 aromatic rings. The van der Waals surface area contributed by atoms with E-state index in [-0.39, 0.29) is 5.41 Å². The van der Waals surface area contributed by atoms with E-state index in [9.17, 15) is 0 Å². The van der Waals surface area contributed by atoms with Gasteiger partial charge in [0.15, 0.2) is 0 Å². The van der Waals surface area contributed by atoms with E-state index in [0.717, 1.165) is 0 Å². The van der Waals surface area contributed by atoms with Crippen molar-refractivity contribution in [3.05, 3.63) is 139 Å². The van der Waals surface area contributed by atoms with Crippen molar-refractivity contribution >= 4 is 27.8 Å². The van der Waals surface area contributed by atoms with E-state index in [2.05, 4.69) is 146 Å². The third-order valence-electron chi connectivity index (χ3n) is 8.59. The number of benzene rings is 6. The Balaban J connectivity index is 1.53. The van der Waals surface area contributed by atoms with Crippen LogP contribution in [-0.2, 0) is 5.41 Å². The number of nitrogens with zero attached hydrogens (tertiary/aromatic N) is 1. The van der Waals surface area contributed by atoms with E-state index < -0.39 is 0 Å². The highest BCUT2D eigenvalue weighted by Crippen LogP contribution is 2.60. The smallest absolute Gasteiger partial charge is 0.0622 e. The first-order valence-electron chi connectivity index (χ1n) is 13.4. The minimum Gasteiger partial charge on any atom is -0.309 e. The lowest BCUT2D eigenvalue weighted by Gasteiger charge is -2.36.